The summed E-state index contributed by atoms with van der Waals surface area (Å²) in [4.78, 5) is 21.0. The fourth-order valence-electron chi connectivity index (χ4n) is 3.65. The molecule has 1 N–H and O–H groups in total. The van der Waals surface area contributed by atoms with Gasteiger partial charge in [0.2, 0.25) is 0 Å². The highest BCUT2D eigenvalue weighted by Crippen LogP contribution is 2.18. The number of nitrogens with zero attached hydrogens (tertiary/aromatic N) is 5. The first-order valence-corrected chi connectivity index (χ1v) is 10.0. The number of carbonyl (C=O) groups excluding carboxylic acids is 1. The van der Waals surface area contributed by atoms with Gasteiger partial charge in [-0.2, -0.15) is 9.90 Å². The summed E-state index contributed by atoms with van der Waals surface area (Å²) < 4.78 is 0. The standard InChI is InChI=1S/C22H26N6O/c1-15-6-8-19(16(2)12-15)28-25-17(3)21(26-28)22(29)24-14-18-7-9-20(23-13-18)27-10-4-5-11-27/h6-9,12-13H,4-5,10-11,14H2,1-3H3,(H,24,29). The van der Waals surface area contributed by atoms with Gasteiger partial charge in [0.1, 0.15) is 5.82 Å². The normalized spacial score (nSPS) is 13.7. The van der Waals surface area contributed by atoms with Crippen LogP contribution in [0.1, 0.15) is 45.7 Å². The van der Waals surface area contributed by atoms with Gasteiger partial charge in [-0.05, 0) is 56.9 Å². The van der Waals surface area contributed by atoms with Gasteiger partial charge in [-0.3, -0.25) is 4.79 Å². The van der Waals surface area contributed by atoms with Gasteiger partial charge >= 0.3 is 0 Å². The van der Waals surface area contributed by atoms with Gasteiger partial charge in [-0.15, -0.1) is 5.10 Å². The third kappa shape index (κ3) is 4.13. The highest BCUT2D eigenvalue weighted by atomic mass is 16.2. The van der Waals surface area contributed by atoms with E-state index in [4.69, 9.17) is 0 Å². The lowest BCUT2D eigenvalue weighted by molar-refractivity contribution is 0.0945. The average molecular weight is 390 g/mol. The van der Waals surface area contributed by atoms with E-state index < -0.39 is 0 Å². The molecule has 0 bridgehead atoms. The molecule has 1 saturated heterocycles. The van der Waals surface area contributed by atoms with E-state index in [-0.39, 0.29) is 5.91 Å². The summed E-state index contributed by atoms with van der Waals surface area (Å²) in [6, 6.07) is 10.1. The lowest BCUT2D eigenvalue weighted by Gasteiger charge is -2.16. The molecule has 0 unspecified atom stereocenters. The van der Waals surface area contributed by atoms with Crippen LogP contribution in [0.15, 0.2) is 36.5 Å². The summed E-state index contributed by atoms with van der Waals surface area (Å²) >= 11 is 0. The first-order valence-electron chi connectivity index (χ1n) is 10.0. The van der Waals surface area contributed by atoms with Crippen LogP contribution >= 0.6 is 0 Å². The Kier molecular flexibility index (Phi) is 5.29. The number of pyridine rings is 1. The molecule has 0 spiro atoms. The van der Waals surface area contributed by atoms with Crippen molar-refractivity contribution in [1.29, 1.82) is 0 Å². The van der Waals surface area contributed by atoms with Crippen LogP contribution in [0.3, 0.4) is 0 Å². The van der Waals surface area contributed by atoms with Crippen LogP contribution in [-0.2, 0) is 6.54 Å². The van der Waals surface area contributed by atoms with Crippen molar-refractivity contribution < 1.29 is 4.79 Å². The average Bonchev–Trinajstić information content (AvgIpc) is 3.37. The van der Waals surface area contributed by atoms with Gasteiger partial charge in [0, 0.05) is 25.8 Å². The number of hydrogen-bond acceptors (Lipinski definition) is 5. The van der Waals surface area contributed by atoms with Gasteiger partial charge in [-0.25, -0.2) is 4.98 Å². The fraction of sp³-hybridized carbons (Fsp3) is 0.364. The largest absolute Gasteiger partial charge is 0.357 e. The molecule has 3 heterocycles. The van der Waals surface area contributed by atoms with Crippen molar-refractivity contribution in [1.82, 2.24) is 25.3 Å². The zero-order valence-electron chi connectivity index (χ0n) is 17.1. The number of amides is 1. The number of rotatable bonds is 5. The molecule has 1 fully saturated rings. The summed E-state index contributed by atoms with van der Waals surface area (Å²) in [6.07, 6.45) is 4.27. The van der Waals surface area contributed by atoms with Crippen molar-refractivity contribution >= 4 is 11.7 Å². The molecule has 1 amide bonds. The quantitative estimate of drug-likeness (QED) is 0.724. The van der Waals surface area contributed by atoms with E-state index in [1.54, 1.807) is 6.92 Å². The van der Waals surface area contributed by atoms with Crippen molar-refractivity contribution in [2.45, 2.75) is 40.2 Å². The predicted octanol–water partition coefficient (Wildman–Crippen LogP) is 3.12. The molecule has 150 valence electrons. The van der Waals surface area contributed by atoms with Gasteiger partial charge in [0.25, 0.3) is 5.91 Å². The third-order valence-electron chi connectivity index (χ3n) is 5.26. The van der Waals surface area contributed by atoms with Gasteiger partial charge in [-0.1, -0.05) is 23.8 Å². The van der Waals surface area contributed by atoms with Gasteiger partial charge < -0.3 is 10.2 Å². The molecule has 29 heavy (non-hydrogen) atoms. The Hall–Kier alpha value is -3.22. The fourth-order valence-corrected chi connectivity index (χ4v) is 3.65. The summed E-state index contributed by atoms with van der Waals surface area (Å²) in [5, 5.41) is 11.8. The smallest absolute Gasteiger partial charge is 0.274 e. The van der Waals surface area contributed by atoms with Crippen LogP contribution in [0.25, 0.3) is 5.69 Å². The zero-order chi connectivity index (χ0) is 20.4. The first kappa shape index (κ1) is 19.1. The molecule has 0 atom stereocenters. The zero-order valence-corrected chi connectivity index (χ0v) is 17.1. The molecule has 0 saturated carbocycles. The molecule has 1 aliphatic heterocycles. The van der Waals surface area contributed by atoms with E-state index in [0.29, 0.717) is 17.9 Å². The minimum Gasteiger partial charge on any atom is -0.357 e. The number of hydrogen-bond donors (Lipinski definition) is 1. The Morgan fingerprint density at radius 1 is 1.07 bits per heavy atom. The van der Waals surface area contributed by atoms with Crippen LogP contribution in [-0.4, -0.2) is 39.0 Å². The SMILES string of the molecule is Cc1ccc(-n2nc(C)c(C(=O)NCc3ccc(N4CCCC4)nc3)n2)c(C)c1. The third-order valence-corrected chi connectivity index (χ3v) is 5.26. The van der Waals surface area contributed by atoms with Crippen LogP contribution in [0.4, 0.5) is 5.82 Å². The van der Waals surface area contributed by atoms with E-state index in [1.807, 2.05) is 44.3 Å². The molecule has 0 radical (unpaired) electrons. The number of aryl methyl sites for hydroxylation is 3. The van der Waals surface area contributed by atoms with Crippen molar-refractivity contribution in [3.05, 3.63) is 64.6 Å². The Balaban J connectivity index is 1.43. The van der Waals surface area contributed by atoms with Crippen molar-refractivity contribution in [3.8, 4) is 5.69 Å². The van der Waals surface area contributed by atoms with Crippen molar-refractivity contribution in [2.24, 2.45) is 0 Å². The molecule has 3 aromatic rings. The molecular weight excluding hydrogens is 364 g/mol. The van der Waals surface area contributed by atoms with Crippen LogP contribution in [0.2, 0.25) is 0 Å². The van der Waals surface area contributed by atoms with Crippen LogP contribution in [0, 0.1) is 20.8 Å². The van der Waals surface area contributed by atoms with E-state index in [1.165, 1.54) is 23.2 Å². The first-order chi connectivity index (χ1) is 14.0. The van der Waals surface area contributed by atoms with E-state index in [9.17, 15) is 4.79 Å². The lowest BCUT2D eigenvalue weighted by atomic mass is 10.1. The van der Waals surface area contributed by atoms with E-state index in [2.05, 4.69) is 31.5 Å². The number of anilines is 1. The van der Waals surface area contributed by atoms with E-state index >= 15 is 0 Å². The molecule has 4 rings (SSSR count). The maximum absolute atomic E-state index is 12.6. The maximum Gasteiger partial charge on any atom is 0.274 e. The summed E-state index contributed by atoms with van der Waals surface area (Å²) in [5.41, 5.74) is 5.02. The highest BCUT2D eigenvalue weighted by Gasteiger charge is 2.17. The summed E-state index contributed by atoms with van der Waals surface area (Å²) in [7, 11) is 0. The lowest BCUT2D eigenvalue weighted by Crippen LogP contribution is -2.24. The Labute approximate surface area is 170 Å². The predicted molar refractivity (Wildman–Crippen MR) is 112 cm³/mol. The minimum atomic E-state index is -0.234. The Morgan fingerprint density at radius 2 is 1.86 bits per heavy atom. The Morgan fingerprint density at radius 3 is 2.55 bits per heavy atom. The van der Waals surface area contributed by atoms with E-state index in [0.717, 1.165) is 35.7 Å². The second kappa shape index (κ2) is 8.03. The number of nitrogens with one attached hydrogen (secondary N) is 1. The highest BCUT2D eigenvalue weighted by molar-refractivity contribution is 5.93. The molecule has 7 heteroatoms. The van der Waals surface area contributed by atoms with Crippen molar-refractivity contribution in [2.75, 3.05) is 18.0 Å². The minimum absolute atomic E-state index is 0.234. The number of benzene rings is 1. The molecule has 0 aliphatic carbocycles. The van der Waals surface area contributed by atoms with Gasteiger partial charge in [0.05, 0.1) is 11.4 Å². The monoisotopic (exact) mass is 390 g/mol. The number of aromatic nitrogens is 4. The van der Waals surface area contributed by atoms with Crippen molar-refractivity contribution in [3.63, 3.8) is 0 Å². The summed E-state index contributed by atoms with van der Waals surface area (Å²) in [6.45, 7) is 8.40. The molecule has 2 aromatic heterocycles. The molecular formula is C22H26N6O. The summed E-state index contributed by atoms with van der Waals surface area (Å²) in [5.74, 6) is 0.770. The molecule has 1 aliphatic rings. The molecule has 1 aromatic carbocycles. The van der Waals surface area contributed by atoms with Crippen LogP contribution in [0.5, 0.6) is 0 Å². The van der Waals surface area contributed by atoms with Crippen LogP contribution < -0.4 is 10.2 Å². The number of carbonyl (C=O) groups is 1. The topological polar surface area (TPSA) is 75.9 Å². The molecule has 7 nitrogen and oxygen atoms in total. The second-order valence-corrected chi connectivity index (χ2v) is 7.61. The maximum atomic E-state index is 12.6. The van der Waals surface area contributed by atoms with Gasteiger partial charge in [0.15, 0.2) is 5.69 Å². The Bertz CT molecular complexity index is 1020. The second-order valence-electron chi connectivity index (χ2n) is 7.61.